The van der Waals surface area contributed by atoms with Crippen molar-refractivity contribution >= 4 is 33.8 Å². The van der Waals surface area contributed by atoms with Crippen LogP contribution in [0.3, 0.4) is 0 Å². The number of anilines is 1. The number of halogens is 1. The largest absolute Gasteiger partial charge is 0.389 e. The van der Waals surface area contributed by atoms with Crippen molar-refractivity contribution in [1.82, 2.24) is 4.90 Å². The van der Waals surface area contributed by atoms with Crippen LogP contribution in [-0.4, -0.2) is 17.4 Å². The second kappa shape index (κ2) is 5.40. The van der Waals surface area contributed by atoms with E-state index in [2.05, 4.69) is 6.07 Å². The van der Waals surface area contributed by atoms with Crippen molar-refractivity contribution in [2.45, 2.75) is 13.0 Å². The van der Waals surface area contributed by atoms with Gasteiger partial charge in [-0.3, -0.25) is 4.79 Å². The molecule has 2 aromatic rings. The lowest BCUT2D eigenvalue weighted by atomic mass is 10.0. The van der Waals surface area contributed by atoms with E-state index in [0.29, 0.717) is 40.7 Å². The summed E-state index contributed by atoms with van der Waals surface area (Å²) in [6.45, 7) is 1.05. The Kier molecular flexibility index (Phi) is 3.58. The zero-order valence-corrected chi connectivity index (χ0v) is 12.7. The number of carbonyl (C=O) groups excluding carboxylic acids is 1. The molecule has 1 aliphatic rings. The van der Waals surface area contributed by atoms with Crippen molar-refractivity contribution in [3.63, 3.8) is 0 Å². The number of rotatable bonds is 1. The van der Waals surface area contributed by atoms with Gasteiger partial charge in [0.1, 0.15) is 11.1 Å². The van der Waals surface area contributed by atoms with E-state index < -0.39 is 0 Å². The standard InChI is InChI=1S/C15H12ClN3OS/c16-12-4-2-1-3-10(12)15(20)19-6-5-9-11(7-17)14(18)21-13(9)8-19/h1-4H,5-6,8,18H2. The molecular formula is C15H12ClN3OS. The van der Waals surface area contributed by atoms with Crippen LogP contribution in [0.15, 0.2) is 24.3 Å². The molecule has 0 radical (unpaired) electrons. The van der Waals surface area contributed by atoms with E-state index in [1.54, 1.807) is 29.2 Å². The van der Waals surface area contributed by atoms with Crippen LogP contribution in [0.4, 0.5) is 5.00 Å². The summed E-state index contributed by atoms with van der Waals surface area (Å²) in [6, 6.07) is 9.18. The summed E-state index contributed by atoms with van der Waals surface area (Å²) in [5.74, 6) is -0.0864. The number of carbonyl (C=O) groups is 1. The second-order valence-electron chi connectivity index (χ2n) is 4.81. The lowest BCUT2D eigenvalue weighted by molar-refractivity contribution is 0.0737. The highest BCUT2D eigenvalue weighted by atomic mass is 35.5. The minimum atomic E-state index is -0.0864. The second-order valence-corrected chi connectivity index (χ2v) is 6.36. The summed E-state index contributed by atoms with van der Waals surface area (Å²) in [4.78, 5) is 15.3. The molecule has 1 aromatic carbocycles. The monoisotopic (exact) mass is 317 g/mol. The summed E-state index contributed by atoms with van der Waals surface area (Å²) in [5.41, 5.74) is 7.93. The van der Waals surface area contributed by atoms with E-state index in [1.807, 2.05) is 0 Å². The van der Waals surface area contributed by atoms with Gasteiger partial charge in [-0.1, -0.05) is 23.7 Å². The van der Waals surface area contributed by atoms with Crippen molar-refractivity contribution in [1.29, 1.82) is 5.26 Å². The van der Waals surface area contributed by atoms with Crippen molar-refractivity contribution < 1.29 is 4.79 Å². The molecule has 0 unspecified atom stereocenters. The third kappa shape index (κ3) is 2.37. The Morgan fingerprint density at radius 2 is 2.19 bits per heavy atom. The summed E-state index contributed by atoms with van der Waals surface area (Å²) in [6.07, 6.45) is 0.655. The number of fused-ring (bicyclic) bond motifs is 1. The van der Waals surface area contributed by atoms with Gasteiger partial charge in [0, 0.05) is 11.4 Å². The van der Waals surface area contributed by atoms with Gasteiger partial charge in [-0.15, -0.1) is 11.3 Å². The van der Waals surface area contributed by atoms with E-state index in [-0.39, 0.29) is 5.91 Å². The number of nitrogens with two attached hydrogens (primary N) is 1. The number of nitrogen functional groups attached to an aromatic ring is 1. The molecule has 0 bridgehead atoms. The van der Waals surface area contributed by atoms with Gasteiger partial charge in [-0.05, 0) is 24.1 Å². The SMILES string of the molecule is N#Cc1c(N)sc2c1CCN(C(=O)c1ccccc1Cl)C2. The maximum Gasteiger partial charge on any atom is 0.255 e. The number of amides is 1. The Morgan fingerprint density at radius 3 is 2.90 bits per heavy atom. The first-order valence-corrected chi connectivity index (χ1v) is 7.65. The van der Waals surface area contributed by atoms with Crippen LogP contribution in [0.2, 0.25) is 5.02 Å². The number of thiophene rings is 1. The first kappa shape index (κ1) is 13.9. The predicted molar refractivity (Wildman–Crippen MR) is 83.3 cm³/mol. The molecule has 3 rings (SSSR count). The molecule has 1 amide bonds. The normalized spacial score (nSPS) is 13.6. The van der Waals surface area contributed by atoms with Crippen LogP contribution in [-0.2, 0) is 13.0 Å². The molecular weight excluding hydrogens is 306 g/mol. The number of nitriles is 1. The molecule has 0 aliphatic carbocycles. The third-order valence-corrected chi connectivity index (χ3v) is 4.96. The van der Waals surface area contributed by atoms with Crippen molar-refractivity contribution in [3.05, 3.63) is 50.9 Å². The Labute approximate surface area is 131 Å². The minimum absolute atomic E-state index is 0.0864. The summed E-state index contributed by atoms with van der Waals surface area (Å²) < 4.78 is 0. The fraction of sp³-hybridized carbons (Fsp3) is 0.200. The van der Waals surface area contributed by atoms with Crippen molar-refractivity contribution in [2.75, 3.05) is 12.3 Å². The fourth-order valence-corrected chi connectivity index (χ4v) is 3.83. The average Bonchev–Trinajstić information content (AvgIpc) is 2.81. The van der Waals surface area contributed by atoms with Crippen LogP contribution in [0.5, 0.6) is 0 Å². The quantitative estimate of drug-likeness (QED) is 0.878. The smallest absolute Gasteiger partial charge is 0.255 e. The maximum atomic E-state index is 12.5. The number of nitrogens with zero attached hydrogens (tertiary/aromatic N) is 2. The molecule has 0 spiro atoms. The molecule has 0 saturated heterocycles. The molecule has 2 heterocycles. The molecule has 0 atom stereocenters. The van der Waals surface area contributed by atoms with Crippen molar-refractivity contribution in [3.8, 4) is 6.07 Å². The molecule has 6 heteroatoms. The Balaban J connectivity index is 1.89. The molecule has 4 nitrogen and oxygen atoms in total. The molecule has 21 heavy (non-hydrogen) atoms. The third-order valence-electron chi connectivity index (χ3n) is 3.59. The van der Waals surface area contributed by atoms with Gasteiger partial charge in [0.25, 0.3) is 5.91 Å². The highest BCUT2D eigenvalue weighted by Crippen LogP contribution is 2.35. The zero-order valence-electron chi connectivity index (χ0n) is 11.1. The van der Waals surface area contributed by atoms with Crippen LogP contribution < -0.4 is 5.73 Å². The van der Waals surface area contributed by atoms with Crippen LogP contribution in [0.25, 0.3) is 0 Å². The zero-order chi connectivity index (χ0) is 15.0. The molecule has 1 aromatic heterocycles. The summed E-state index contributed by atoms with van der Waals surface area (Å²) >= 11 is 7.47. The fourth-order valence-electron chi connectivity index (χ4n) is 2.53. The molecule has 1 aliphatic heterocycles. The molecule has 0 saturated carbocycles. The van der Waals surface area contributed by atoms with E-state index in [0.717, 1.165) is 10.4 Å². The first-order valence-electron chi connectivity index (χ1n) is 6.45. The van der Waals surface area contributed by atoms with Crippen LogP contribution in [0.1, 0.15) is 26.4 Å². The minimum Gasteiger partial charge on any atom is -0.389 e. The summed E-state index contributed by atoms with van der Waals surface area (Å²) in [5, 5.41) is 10.1. The van der Waals surface area contributed by atoms with E-state index in [1.165, 1.54) is 11.3 Å². The van der Waals surface area contributed by atoms with Gasteiger partial charge in [0.05, 0.1) is 22.7 Å². The molecule has 106 valence electrons. The van der Waals surface area contributed by atoms with E-state index in [9.17, 15) is 4.79 Å². The first-order chi connectivity index (χ1) is 10.1. The van der Waals surface area contributed by atoms with Gasteiger partial charge in [0.15, 0.2) is 0 Å². The highest BCUT2D eigenvalue weighted by Gasteiger charge is 2.27. The summed E-state index contributed by atoms with van der Waals surface area (Å²) in [7, 11) is 0. The van der Waals surface area contributed by atoms with Crippen LogP contribution >= 0.6 is 22.9 Å². The van der Waals surface area contributed by atoms with Crippen molar-refractivity contribution in [2.24, 2.45) is 0 Å². The van der Waals surface area contributed by atoms with E-state index in [4.69, 9.17) is 22.6 Å². The van der Waals surface area contributed by atoms with Gasteiger partial charge in [-0.2, -0.15) is 5.26 Å². The van der Waals surface area contributed by atoms with Gasteiger partial charge in [0.2, 0.25) is 0 Å². The Morgan fingerprint density at radius 1 is 1.43 bits per heavy atom. The van der Waals surface area contributed by atoms with E-state index >= 15 is 0 Å². The highest BCUT2D eigenvalue weighted by molar-refractivity contribution is 7.16. The van der Waals surface area contributed by atoms with Gasteiger partial charge >= 0.3 is 0 Å². The number of benzene rings is 1. The average molecular weight is 318 g/mol. The topological polar surface area (TPSA) is 70.1 Å². The maximum absolute atomic E-state index is 12.5. The van der Waals surface area contributed by atoms with Gasteiger partial charge < -0.3 is 10.6 Å². The predicted octanol–water partition coefficient (Wildman–Crippen LogP) is 3.05. The molecule has 0 fully saturated rings. The lowest BCUT2D eigenvalue weighted by Crippen LogP contribution is -2.35. The Bertz CT molecular complexity index is 763. The lowest BCUT2D eigenvalue weighted by Gasteiger charge is -2.27. The Hall–Kier alpha value is -2.03. The number of hydrogen-bond donors (Lipinski definition) is 1. The molecule has 2 N–H and O–H groups in total. The van der Waals surface area contributed by atoms with Gasteiger partial charge in [-0.25, -0.2) is 0 Å². The number of hydrogen-bond acceptors (Lipinski definition) is 4. The van der Waals surface area contributed by atoms with Crippen LogP contribution in [0, 0.1) is 11.3 Å².